The van der Waals surface area contributed by atoms with E-state index in [1.54, 1.807) is 42.5 Å². The Morgan fingerprint density at radius 1 is 1.19 bits per heavy atom. The zero-order chi connectivity index (χ0) is 23.1. The van der Waals surface area contributed by atoms with Gasteiger partial charge in [-0.05, 0) is 48.2 Å². The number of anilines is 1. The second-order valence-corrected chi connectivity index (χ2v) is 10.5. The molecule has 0 amide bonds. The summed E-state index contributed by atoms with van der Waals surface area (Å²) in [5.74, 6) is 0.385. The summed E-state index contributed by atoms with van der Waals surface area (Å²) < 4.78 is 37.5. The number of aliphatic hydroxyl groups is 1. The largest absolute Gasteiger partial charge is 0.427 e. The Kier molecular flexibility index (Phi) is 8.87. The summed E-state index contributed by atoms with van der Waals surface area (Å²) in [6, 6.07) is 13.5. The number of benzene rings is 2. The monoisotopic (exact) mass is 483 g/mol. The topological polar surface area (TPSA) is 117 Å². The molecule has 3 N–H and O–H groups in total. The molecular weight excluding hydrogens is 453 g/mol. The molecule has 2 aromatic rings. The van der Waals surface area contributed by atoms with Crippen molar-refractivity contribution in [2.24, 2.45) is 0 Å². The van der Waals surface area contributed by atoms with Crippen molar-refractivity contribution in [2.45, 2.75) is 51.4 Å². The van der Waals surface area contributed by atoms with Gasteiger partial charge in [-0.15, -0.1) is 0 Å². The fourth-order valence-corrected chi connectivity index (χ4v) is 5.89. The minimum atomic E-state index is -3.43. The van der Waals surface area contributed by atoms with Gasteiger partial charge < -0.3 is 24.2 Å². The Bertz CT molecular complexity index is 968. The van der Waals surface area contributed by atoms with Crippen molar-refractivity contribution < 1.29 is 32.6 Å². The van der Waals surface area contributed by atoms with Gasteiger partial charge in [0.1, 0.15) is 5.75 Å². The van der Waals surface area contributed by atoms with Crippen LogP contribution in [0.3, 0.4) is 0 Å². The van der Waals surface area contributed by atoms with Crippen LogP contribution < -0.4 is 8.83 Å². The number of sulfonamides is 1. The zero-order valence-corrected chi connectivity index (χ0v) is 19.7. The van der Waals surface area contributed by atoms with Gasteiger partial charge in [-0.3, -0.25) is 4.31 Å². The third kappa shape index (κ3) is 6.63. The Hall–Kier alpha value is -1.74. The lowest BCUT2D eigenvalue weighted by atomic mass is 10.0. The van der Waals surface area contributed by atoms with Crippen LogP contribution in [0.15, 0.2) is 48.5 Å². The Morgan fingerprint density at radius 2 is 1.94 bits per heavy atom. The number of ether oxygens (including phenoxy) is 1. The number of nitrogens with zero attached hydrogens (tertiary/aromatic N) is 1. The zero-order valence-electron chi connectivity index (χ0n) is 18.0. The van der Waals surface area contributed by atoms with Crippen LogP contribution in [0, 0.1) is 0 Å². The van der Waals surface area contributed by atoms with Gasteiger partial charge in [0.25, 0.3) is 0 Å². The molecule has 0 aliphatic carbocycles. The lowest BCUT2D eigenvalue weighted by Crippen LogP contribution is -2.36. The molecule has 1 fully saturated rings. The van der Waals surface area contributed by atoms with Crippen LogP contribution in [0.25, 0.3) is 0 Å². The Labute approximate surface area is 190 Å². The number of aliphatic hydroxyl groups excluding tert-OH is 1. The first-order valence-corrected chi connectivity index (χ1v) is 13.4. The highest BCUT2D eigenvalue weighted by Crippen LogP contribution is 2.32. The van der Waals surface area contributed by atoms with Crippen molar-refractivity contribution in [1.82, 2.24) is 0 Å². The highest BCUT2D eigenvalue weighted by Gasteiger charge is 2.37. The second-order valence-electron chi connectivity index (χ2n) is 7.81. The molecule has 1 aliphatic heterocycles. The molecule has 8 nitrogen and oxygen atoms in total. The third-order valence-electron chi connectivity index (χ3n) is 5.37. The van der Waals surface area contributed by atoms with E-state index in [1.165, 1.54) is 4.31 Å². The smallest absolute Gasteiger partial charge is 0.391 e. The van der Waals surface area contributed by atoms with Gasteiger partial charge in [0, 0.05) is 0 Å². The van der Waals surface area contributed by atoms with Crippen molar-refractivity contribution in [3.63, 3.8) is 0 Å². The Balaban J connectivity index is 1.63. The second kappa shape index (κ2) is 11.4. The molecule has 1 saturated heterocycles. The van der Waals surface area contributed by atoms with Crippen LogP contribution in [0.1, 0.15) is 49.8 Å². The maximum atomic E-state index is 12.7. The van der Waals surface area contributed by atoms with Crippen LogP contribution in [-0.4, -0.2) is 41.7 Å². The normalized spacial score (nSPS) is 18.8. The van der Waals surface area contributed by atoms with Gasteiger partial charge in [-0.2, -0.15) is 0 Å². The molecule has 0 radical (unpaired) electrons. The predicted molar refractivity (Wildman–Crippen MR) is 124 cm³/mol. The summed E-state index contributed by atoms with van der Waals surface area (Å²) in [5, 5.41) is 10.3. The van der Waals surface area contributed by atoms with Gasteiger partial charge in [0.15, 0.2) is 0 Å². The lowest BCUT2D eigenvalue weighted by molar-refractivity contribution is 0.109. The third-order valence-corrected chi connectivity index (χ3v) is 7.60. The van der Waals surface area contributed by atoms with E-state index in [4.69, 9.17) is 19.0 Å². The maximum Gasteiger partial charge on any atom is 0.391 e. The van der Waals surface area contributed by atoms with E-state index in [9.17, 15) is 13.5 Å². The van der Waals surface area contributed by atoms with Crippen LogP contribution in [0.4, 0.5) is 5.69 Å². The van der Waals surface area contributed by atoms with Crippen molar-refractivity contribution in [3.8, 4) is 5.75 Å². The van der Waals surface area contributed by atoms with E-state index in [1.807, 2.05) is 6.07 Å². The molecule has 176 valence electrons. The fourth-order valence-electron chi connectivity index (χ4n) is 3.76. The maximum absolute atomic E-state index is 12.7. The summed E-state index contributed by atoms with van der Waals surface area (Å²) >= 11 is 0. The molecule has 2 unspecified atom stereocenters. The first kappa shape index (κ1) is 24.9. The summed E-state index contributed by atoms with van der Waals surface area (Å²) in [6.07, 6.45) is 2.53. The van der Waals surface area contributed by atoms with E-state index in [0.717, 1.165) is 24.0 Å². The molecule has 32 heavy (non-hydrogen) atoms. The number of rotatable bonds is 11. The molecule has 10 heteroatoms. The summed E-state index contributed by atoms with van der Waals surface area (Å²) in [4.78, 5) is 18.0. The molecule has 2 atom stereocenters. The van der Waals surface area contributed by atoms with E-state index in [-0.39, 0.29) is 25.0 Å². The van der Waals surface area contributed by atoms with Crippen molar-refractivity contribution in [2.75, 3.05) is 16.7 Å². The Morgan fingerprint density at radius 3 is 2.62 bits per heavy atom. The quantitative estimate of drug-likeness (QED) is 0.418. The fraction of sp³-hybridized carbons (Fsp3) is 0.455. The summed E-state index contributed by atoms with van der Waals surface area (Å²) in [6.45, 7) is 2.53. The van der Waals surface area contributed by atoms with Crippen molar-refractivity contribution >= 4 is 24.3 Å². The minimum absolute atomic E-state index is 0.0573. The average Bonchev–Trinajstić information content (AvgIpc) is 3.06. The molecule has 2 aromatic carbocycles. The van der Waals surface area contributed by atoms with Crippen LogP contribution in [0.2, 0.25) is 0 Å². The number of hydrogen-bond acceptors (Lipinski definition) is 7. The van der Waals surface area contributed by atoms with E-state index in [0.29, 0.717) is 24.3 Å². The van der Waals surface area contributed by atoms with Crippen LogP contribution in [-0.2, 0) is 21.4 Å². The number of unbranched alkanes of at least 4 members (excludes halogenated alkanes) is 1. The van der Waals surface area contributed by atoms with Crippen molar-refractivity contribution in [3.05, 3.63) is 59.7 Å². The molecule has 1 aliphatic rings. The van der Waals surface area contributed by atoms with Crippen LogP contribution >= 0.6 is 8.60 Å². The van der Waals surface area contributed by atoms with Gasteiger partial charge in [0.2, 0.25) is 10.0 Å². The minimum Gasteiger partial charge on any atom is -0.427 e. The summed E-state index contributed by atoms with van der Waals surface area (Å²) in [7, 11) is -5.93. The van der Waals surface area contributed by atoms with Gasteiger partial charge >= 0.3 is 8.60 Å². The molecule has 0 aromatic heterocycles. The molecule has 3 rings (SSSR count). The standard InChI is InChI=1S/C22H30NO7PS/c1-2-3-7-22(24)18-8-10-19(11-9-18)23-20(12-13-32(23,27)28)16-29-15-17-5-4-6-21(14-17)30-31(25)26/h4-6,8-11,14,20,22,24-26H,2-3,7,12-13,15-16H2,1H3. The number of hydrogen-bond donors (Lipinski definition) is 3. The van der Waals surface area contributed by atoms with E-state index >= 15 is 0 Å². The first-order chi connectivity index (χ1) is 15.3. The van der Waals surface area contributed by atoms with E-state index < -0.39 is 24.7 Å². The summed E-state index contributed by atoms with van der Waals surface area (Å²) in [5.41, 5.74) is 2.12. The van der Waals surface area contributed by atoms with Gasteiger partial charge in [0.05, 0.1) is 36.8 Å². The van der Waals surface area contributed by atoms with Crippen LogP contribution in [0.5, 0.6) is 5.75 Å². The van der Waals surface area contributed by atoms with E-state index in [2.05, 4.69) is 6.92 Å². The average molecular weight is 484 g/mol. The van der Waals surface area contributed by atoms with Gasteiger partial charge in [-0.1, -0.05) is 44.0 Å². The SMILES string of the molecule is CCCCC(O)c1ccc(N2C(COCc3cccc(OP(O)O)c3)CCS2(=O)=O)cc1. The van der Waals surface area contributed by atoms with Crippen molar-refractivity contribution in [1.29, 1.82) is 0 Å². The lowest BCUT2D eigenvalue weighted by Gasteiger charge is -2.25. The molecule has 0 spiro atoms. The molecular formula is C22H30NO7PS. The predicted octanol–water partition coefficient (Wildman–Crippen LogP) is 3.63. The first-order valence-electron chi connectivity index (χ1n) is 10.6. The highest BCUT2D eigenvalue weighted by atomic mass is 32.2. The molecule has 1 heterocycles. The highest BCUT2D eigenvalue weighted by molar-refractivity contribution is 7.93. The molecule has 0 bridgehead atoms. The molecule has 0 saturated carbocycles. The van der Waals surface area contributed by atoms with Gasteiger partial charge in [-0.25, -0.2) is 8.42 Å².